The van der Waals surface area contributed by atoms with E-state index in [1.807, 2.05) is 26.0 Å². The van der Waals surface area contributed by atoms with Gasteiger partial charge in [0.25, 0.3) is 0 Å². The summed E-state index contributed by atoms with van der Waals surface area (Å²) in [6.07, 6.45) is 0.805. The highest BCUT2D eigenvalue weighted by atomic mass is 16.5. The molecule has 0 atom stereocenters. The molecule has 1 aromatic rings. The second-order valence-electron chi connectivity index (χ2n) is 4.29. The van der Waals surface area contributed by atoms with Crippen LogP contribution in [0, 0.1) is 13.8 Å². The predicted octanol–water partition coefficient (Wildman–Crippen LogP) is 2.37. The lowest BCUT2D eigenvalue weighted by molar-refractivity contribution is -0.141. The number of hydrogen-bond donors (Lipinski definition) is 0. The quantitative estimate of drug-likeness (QED) is 0.735. The maximum absolute atomic E-state index is 11.6. The number of rotatable bonds is 5. The topological polar surface area (TPSA) is 43.4 Å². The fraction of sp³-hybridized carbons (Fsp3) is 0.429. The van der Waals surface area contributed by atoms with Gasteiger partial charge in [0.1, 0.15) is 5.78 Å². The molecule has 0 saturated heterocycles. The van der Waals surface area contributed by atoms with Gasteiger partial charge in [-0.15, -0.1) is 0 Å². The third-order valence-electron chi connectivity index (χ3n) is 2.52. The van der Waals surface area contributed by atoms with E-state index >= 15 is 0 Å². The van der Waals surface area contributed by atoms with Gasteiger partial charge in [-0.2, -0.15) is 0 Å². The first-order valence-electron chi connectivity index (χ1n) is 5.67. The molecule has 0 aliphatic carbocycles. The van der Waals surface area contributed by atoms with Crippen LogP contribution in [-0.4, -0.2) is 18.9 Å². The van der Waals surface area contributed by atoms with E-state index in [4.69, 9.17) is 0 Å². The van der Waals surface area contributed by atoms with Gasteiger partial charge >= 0.3 is 5.97 Å². The summed E-state index contributed by atoms with van der Waals surface area (Å²) >= 11 is 0. The van der Waals surface area contributed by atoms with Crippen LogP contribution in [0.5, 0.6) is 0 Å². The van der Waals surface area contributed by atoms with E-state index in [1.165, 1.54) is 7.11 Å². The molecule has 17 heavy (non-hydrogen) atoms. The minimum atomic E-state index is -0.334. The van der Waals surface area contributed by atoms with Crippen molar-refractivity contribution in [3.63, 3.8) is 0 Å². The molecule has 0 aliphatic heterocycles. The fourth-order valence-corrected chi connectivity index (χ4v) is 1.83. The highest BCUT2D eigenvalue weighted by molar-refractivity contribution is 5.84. The molecule has 3 nitrogen and oxygen atoms in total. The number of ether oxygens (including phenoxy) is 1. The number of carbonyl (C=O) groups is 2. The van der Waals surface area contributed by atoms with Crippen LogP contribution in [0.2, 0.25) is 0 Å². The van der Waals surface area contributed by atoms with Crippen molar-refractivity contribution in [3.05, 3.63) is 34.9 Å². The lowest BCUT2D eigenvalue weighted by Gasteiger charge is -2.04. The van der Waals surface area contributed by atoms with Gasteiger partial charge in [0.2, 0.25) is 0 Å². The van der Waals surface area contributed by atoms with Crippen molar-refractivity contribution < 1.29 is 14.3 Å². The highest BCUT2D eigenvalue weighted by Crippen LogP contribution is 2.11. The molecule has 0 aliphatic rings. The Bertz CT molecular complexity index is 401. The summed E-state index contributed by atoms with van der Waals surface area (Å²) in [6, 6.07) is 6.08. The summed E-state index contributed by atoms with van der Waals surface area (Å²) < 4.78 is 4.50. The van der Waals surface area contributed by atoms with Crippen molar-refractivity contribution in [1.29, 1.82) is 0 Å². The van der Waals surface area contributed by atoms with E-state index in [2.05, 4.69) is 10.8 Å². The number of Topliss-reactive ketones (excluding diaryl/α,β-unsaturated/α-hetero) is 1. The fourth-order valence-electron chi connectivity index (χ4n) is 1.83. The molecule has 0 bridgehead atoms. The summed E-state index contributed by atoms with van der Waals surface area (Å²) in [4.78, 5) is 22.6. The van der Waals surface area contributed by atoms with Crippen LogP contribution in [0.4, 0.5) is 0 Å². The lowest BCUT2D eigenvalue weighted by atomic mass is 10.0. The molecule has 0 saturated carbocycles. The Balaban J connectivity index is 2.53. The molecular weight excluding hydrogens is 216 g/mol. The van der Waals surface area contributed by atoms with E-state index in [0.717, 1.165) is 16.7 Å². The third-order valence-corrected chi connectivity index (χ3v) is 2.52. The molecule has 0 aromatic heterocycles. The number of aryl methyl sites for hydroxylation is 2. The van der Waals surface area contributed by atoms with Crippen LogP contribution < -0.4 is 0 Å². The molecule has 1 rings (SSSR count). The molecule has 0 amide bonds. The second kappa shape index (κ2) is 6.18. The number of ketones is 1. The van der Waals surface area contributed by atoms with Gasteiger partial charge in [-0.3, -0.25) is 9.59 Å². The Kier molecular flexibility index (Phi) is 4.88. The van der Waals surface area contributed by atoms with Gasteiger partial charge < -0.3 is 4.74 Å². The van der Waals surface area contributed by atoms with E-state index in [1.54, 1.807) is 0 Å². The van der Waals surface area contributed by atoms with E-state index < -0.39 is 0 Å². The predicted molar refractivity (Wildman–Crippen MR) is 65.9 cm³/mol. The largest absolute Gasteiger partial charge is 0.469 e. The molecule has 0 radical (unpaired) electrons. The molecule has 0 unspecified atom stereocenters. The summed E-state index contributed by atoms with van der Waals surface area (Å²) in [5.41, 5.74) is 3.32. The molecular formula is C14H18O3. The van der Waals surface area contributed by atoms with Gasteiger partial charge in [-0.25, -0.2) is 0 Å². The van der Waals surface area contributed by atoms with Crippen molar-refractivity contribution in [2.75, 3.05) is 7.11 Å². The lowest BCUT2D eigenvalue weighted by Crippen LogP contribution is -2.08. The average Bonchev–Trinajstić information content (AvgIpc) is 2.24. The molecule has 92 valence electrons. The Labute approximate surface area is 102 Å². The van der Waals surface area contributed by atoms with Gasteiger partial charge in [0.15, 0.2) is 0 Å². The number of hydrogen-bond acceptors (Lipinski definition) is 3. The summed E-state index contributed by atoms with van der Waals surface area (Å²) in [6.45, 7) is 4.02. The first-order valence-corrected chi connectivity index (χ1v) is 5.67. The molecule has 0 heterocycles. The second-order valence-corrected chi connectivity index (χ2v) is 4.29. The van der Waals surface area contributed by atoms with Crippen molar-refractivity contribution in [2.24, 2.45) is 0 Å². The monoisotopic (exact) mass is 234 g/mol. The summed E-state index contributed by atoms with van der Waals surface area (Å²) in [5.74, 6) is -0.265. The Morgan fingerprint density at radius 2 is 1.65 bits per heavy atom. The van der Waals surface area contributed by atoms with Gasteiger partial charge in [-0.1, -0.05) is 29.3 Å². The molecule has 0 fully saturated rings. The highest BCUT2D eigenvalue weighted by Gasteiger charge is 2.08. The third kappa shape index (κ3) is 4.81. The summed E-state index contributed by atoms with van der Waals surface area (Å²) in [7, 11) is 1.33. The van der Waals surface area contributed by atoms with Gasteiger partial charge in [-0.05, 0) is 19.4 Å². The zero-order chi connectivity index (χ0) is 12.8. The minimum absolute atomic E-state index is 0.0698. The van der Waals surface area contributed by atoms with Crippen LogP contribution >= 0.6 is 0 Å². The zero-order valence-corrected chi connectivity index (χ0v) is 10.6. The average molecular weight is 234 g/mol. The zero-order valence-electron chi connectivity index (χ0n) is 10.6. The first kappa shape index (κ1) is 13.4. The SMILES string of the molecule is COC(=O)CCC(=O)Cc1cc(C)cc(C)c1. The minimum Gasteiger partial charge on any atom is -0.469 e. The Morgan fingerprint density at radius 3 is 2.18 bits per heavy atom. The van der Waals surface area contributed by atoms with Crippen LogP contribution in [-0.2, 0) is 20.7 Å². The first-order chi connectivity index (χ1) is 8.01. The van der Waals surface area contributed by atoms with Gasteiger partial charge in [0, 0.05) is 12.8 Å². The van der Waals surface area contributed by atoms with Crippen LogP contribution in [0.15, 0.2) is 18.2 Å². The number of methoxy groups -OCH3 is 1. The van der Waals surface area contributed by atoms with Gasteiger partial charge in [0.05, 0.1) is 13.5 Å². The van der Waals surface area contributed by atoms with Crippen molar-refractivity contribution in [2.45, 2.75) is 33.1 Å². The van der Waals surface area contributed by atoms with E-state index in [9.17, 15) is 9.59 Å². The van der Waals surface area contributed by atoms with Crippen molar-refractivity contribution in [1.82, 2.24) is 0 Å². The summed E-state index contributed by atoms with van der Waals surface area (Å²) in [5, 5.41) is 0. The van der Waals surface area contributed by atoms with Crippen molar-refractivity contribution >= 4 is 11.8 Å². The number of carbonyl (C=O) groups excluding carboxylic acids is 2. The van der Waals surface area contributed by atoms with Crippen LogP contribution in [0.3, 0.4) is 0 Å². The van der Waals surface area contributed by atoms with Crippen molar-refractivity contribution in [3.8, 4) is 0 Å². The normalized spacial score (nSPS) is 10.1. The number of esters is 1. The Morgan fingerprint density at radius 1 is 1.06 bits per heavy atom. The van der Waals surface area contributed by atoms with E-state index in [0.29, 0.717) is 6.42 Å². The maximum atomic E-state index is 11.6. The molecule has 3 heteroatoms. The van der Waals surface area contributed by atoms with E-state index in [-0.39, 0.29) is 24.6 Å². The Hall–Kier alpha value is -1.64. The molecule has 1 aromatic carbocycles. The maximum Gasteiger partial charge on any atom is 0.305 e. The van der Waals surface area contributed by atoms with Crippen LogP contribution in [0.1, 0.15) is 29.5 Å². The standard InChI is InChI=1S/C14H18O3/c1-10-6-11(2)8-12(7-10)9-13(15)4-5-14(16)17-3/h6-8H,4-5,9H2,1-3H3. The molecule has 0 spiro atoms. The smallest absolute Gasteiger partial charge is 0.305 e. The van der Waals surface area contributed by atoms with Crippen LogP contribution in [0.25, 0.3) is 0 Å². The number of benzene rings is 1. The molecule has 0 N–H and O–H groups in total.